The molecule has 2 aromatic rings. The van der Waals surface area contributed by atoms with Crippen LogP contribution in [0.5, 0.6) is 5.88 Å². The number of amides is 2. The maximum atomic E-state index is 12.2. The lowest BCUT2D eigenvalue weighted by molar-refractivity contribution is 0.237. The number of hydrogen-bond donors (Lipinski definition) is 2. The average Bonchev–Trinajstić information content (AvgIpc) is 2.85. The molecule has 7 heteroatoms. The molecule has 0 aliphatic heterocycles. The van der Waals surface area contributed by atoms with E-state index in [0.29, 0.717) is 18.8 Å². The predicted octanol–water partition coefficient (Wildman–Crippen LogP) is 2.74. The second kappa shape index (κ2) is 8.00. The molecular weight excluding hydrogens is 320 g/mol. The van der Waals surface area contributed by atoms with E-state index in [1.807, 2.05) is 40.7 Å². The molecule has 136 valence electrons. The molecule has 0 aromatic carbocycles. The molecule has 0 fully saturated rings. The van der Waals surface area contributed by atoms with Crippen molar-refractivity contribution in [2.75, 3.05) is 7.11 Å². The minimum atomic E-state index is -0.235. The summed E-state index contributed by atoms with van der Waals surface area (Å²) >= 11 is 0. The number of pyridine rings is 1. The Morgan fingerprint density at radius 2 is 2.00 bits per heavy atom. The van der Waals surface area contributed by atoms with Crippen molar-refractivity contribution in [3.8, 4) is 5.88 Å². The van der Waals surface area contributed by atoms with Crippen molar-refractivity contribution in [2.24, 2.45) is 0 Å². The van der Waals surface area contributed by atoms with Gasteiger partial charge in [-0.25, -0.2) is 9.78 Å². The second-order valence-corrected chi connectivity index (χ2v) is 6.30. The molecule has 1 atom stereocenters. The molecule has 0 saturated carbocycles. The zero-order valence-corrected chi connectivity index (χ0v) is 15.7. The van der Waals surface area contributed by atoms with Crippen molar-refractivity contribution < 1.29 is 14.1 Å². The quantitative estimate of drug-likeness (QED) is 0.839. The monoisotopic (exact) mass is 346 g/mol. The molecule has 1 unspecified atom stereocenters. The summed E-state index contributed by atoms with van der Waals surface area (Å²) in [6.07, 6.45) is 0.670. The summed E-state index contributed by atoms with van der Waals surface area (Å²) in [5, 5.41) is 9.73. The Morgan fingerprint density at radius 3 is 2.60 bits per heavy atom. The van der Waals surface area contributed by atoms with Crippen LogP contribution in [0, 0.1) is 27.7 Å². The maximum absolute atomic E-state index is 12.2. The topological polar surface area (TPSA) is 89.3 Å². The minimum Gasteiger partial charge on any atom is -0.481 e. The highest BCUT2D eigenvalue weighted by atomic mass is 16.5. The lowest BCUT2D eigenvalue weighted by Gasteiger charge is -2.16. The number of nitrogens with zero attached hydrogens (tertiary/aromatic N) is 2. The van der Waals surface area contributed by atoms with Gasteiger partial charge in [-0.1, -0.05) is 5.16 Å². The number of ether oxygens (including phenoxy) is 1. The summed E-state index contributed by atoms with van der Waals surface area (Å²) in [4.78, 5) is 16.5. The van der Waals surface area contributed by atoms with E-state index in [0.717, 1.165) is 33.8 Å². The van der Waals surface area contributed by atoms with Gasteiger partial charge < -0.3 is 19.9 Å². The van der Waals surface area contributed by atoms with Gasteiger partial charge in [-0.2, -0.15) is 0 Å². The van der Waals surface area contributed by atoms with Crippen molar-refractivity contribution in [1.29, 1.82) is 0 Å². The van der Waals surface area contributed by atoms with Crippen LogP contribution in [0.15, 0.2) is 10.6 Å². The molecule has 25 heavy (non-hydrogen) atoms. The summed E-state index contributed by atoms with van der Waals surface area (Å²) in [6.45, 7) is 9.97. The van der Waals surface area contributed by atoms with Crippen molar-refractivity contribution in [3.05, 3.63) is 39.9 Å². The van der Waals surface area contributed by atoms with E-state index in [2.05, 4.69) is 20.8 Å². The molecule has 0 bridgehead atoms. The third-order valence-electron chi connectivity index (χ3n) is 4.13. The van der Waals surface area contributed by atoms with Crippen LogP contribution in [0.3, 0.4) is 0 Å². The van der Waals surface area contributed by atoms with Gasteiger partial charge in [0.1, 0.15) is 5.76 Å². The van der Waals surface area contributed by atoms with Gasteiger partial charge in [0.05, 0.1) is 19.3 Å². The first-order valence-corrected chi connectivity index (χ1v) is 8.29. The fourth-order valence-electron chi connectivity index (χ4n) is 2.81. The van der Waals surface area contributed by atoms with Crippen LogP contribution in [0.4, 0.5) is 4.79 Å². The minimum absolute atomic E-state index is 0.0454. The van der Waals surface area contributed by atoms with E-state index < -0.39 is 0 Å². The largest absolute Gasteiger partial charge is 0.481 e. The van der Waals surface area contributed by atoms with Crippen molar-refractivity contribution in [3.63, 3.8) is 0 Å². The number of hydrogen-bond acceptors (Lipinski definition) is 5. The third-order valence-corrected chi connectivity index (χ3v) is 4.13. The lowest BCUT2D eigenvalue weighted by Crippen LogP contribution is -2.41. The Bertz CT molecular complexity index is 736. The smallest absolute Gasteiger partial charge is 0.315 e. The van der Waals surface area contributed by atoms with Gasteiger partial charge in [-0.3, -0.25) is 0 Å². The third kappa shape index (κ3) is 4.71. The average molecular weight is 346 g/mol. The van der Waals surface area contributed by atoms with Crippen LogP contribution >= 0.6 is 0 Å². The van der Waals surface area contributed by atoms with Gasteiger partial charge in [0.25, 0.3) is 0 Å². The van der Waals surface area contributed by atoms with E-state index in [1.165, 1.54) is 0 Å². The number of carbonyl (C=O) groups excluding carboxylic acids is 1. The first-order chi connectivity index (χ1) is 11.8. The Kier molecular flexibility index (Phi) is 6.01. The number of urea groups is 1. The molecule has 7 nitrogen and oxygen atoms in total. The number of nitrogens with one attached hydrogen (secondary N) is 2. The van der Waals surface area contributed by atoms with Crippen molar-refractivity contribution >= 4 is 6.03 Å². The summed E-state index contributed by atoms with van der Waals surface area (Å²) in [6, 6.07) is 1.69. The predicted molar refractivity (Wildman–Crippen MR) is 94.8 cm³/mol. The molecule has 0 aliphatic carbocycles. The molecule has 0 aliphatic rings. The van der Waals surface area contributed by atoms with Crippen LogP contribution < -0.4 is 15.4 Å². The molecule has 2 amide bonds. The molecule has 2 rings (SSSR count). The van der Waals surface area contributed by atoms with E-state index in [9.17, 15) is 4.79 Å². The summed E-state index contributed by atoms with van der Waals surface area (Å²) in [7, 11) is 1.58. The van der Waals surface area contributed by atoms with Gasteiger partial charge in [-0.15, -0.1) is 0 Å². The maximum Gasteiger partial charge on any atom is 0.315 e. The number of aromatic nitrogens is 2. The molecule has 0 saturated heterocycles. The molecule has 2 heterocycles. The number of methoxy groups -OCH3 is 1. The van der Waals surface area contributed by atoms with E-state index in [-0.39, 0.29) is 12.1 Å². The van der Waals surface area contributed by atoms with Crippen molar-refractivity contribution in [1.82, 2.24) is 20.8 Å². The Hall–Kier alpha value is -2.57. The summed E-state index contributed by atoms with van der Waals surface area (Å²) in [5.41, 5.74) is 4.69. The molecule has 0 radical (unpaired) electrons. The molecule has 2 N–H and O–H groups in total. The first-order valence-electron chi connectivity index (χ1n) is 8.29. The zero-order valence-electron chi connectivity index (χ0n) is 15.7. The highest BCUT2D eigenvalue weighted by molar-refractivity contribution is 5.74. The van der Waals surface area contributed by atoms with Gasteiger partial charge in [0.2, 0.25) is 5.88 Å². The van der Waals surface area contributed by atoms with E-state index >= 15 is 0 Å². The standard InChI is InChI=1S/C18H26N4O3/c1-10-7-11(2)20-17(24-6)16(10)9-19-18(23)21-12(3)8-15-13(4)22-25-14(15)5/h7,12H,8-9H2,1-6H3,(H2,19,21,23). The van der Waals surface area contributed by atoms with Crippen LogP contribution in [0.25, 0.3) is 0 Å². The highest BCUT2D eigenvalue weighted by Gasteiger charge is 2.15. The van der Waals surface area contributed by atoms with Gasteiger partial charge in [0.15, 0.2) is 0 Å². The number of aryl methyl sites for hydroxylation is 4. The molecule has 2 aromatic heterocycles. The van der Waals surface area contributed by atoms with Crippen LogP contribution in [-0.2, 0) is 13.0 Å². The highest BCUT2D eigenvalue weighted by Crippen LogP contribution is 2.20. The van der Waals surface area contributed by atoms with E-state index in [4.69, 9.17) is 9.26 Å². The summed E-state index contributed by atoms with van der Waals surface area (Å²) in [5.74, 6) is 1.33. The van der Waals surface area contributed by atoms with Crippen molar-refractivity contribution in [2.45, 2.75) is 53.6 Å². The second-order valence-electron chi connectivity index (χ2n) is 6.30. The number of carbonyl (C=O) groups is 1. The SMILES string of the molecule is COc1nc(C)cc(C)c1CNC(=O)NC(C)Cc1c(C)noc1C. The number of rotatable bonds is 6. The van der Waals surface area contributed by atoms with Crippen LogP contribution in [0.1, 0.15) is 40.8 Å². The zero-order chi connectivity index (χ0) is 18.6. The van der Waals surface area contributed by atoms with Gasteiger partial charge >= 0.3 is 6.03 Å². The Morgan fingerprint density at radius 1 is 1.28 bits per heavy atom. The van der Waals surface area contributed by atoms with Gasteiger partial charge in [-0.05, 0) is 52.7 Å². The normalized spacial score (nSPS) is 11.9. The Labute approximate surface area is 148 Å². The fourth-order valence-corrected chi connectivity index (χ4v) is 2.81. The molecular formula is C18H26N4O3. The lowest BCUT2D eigenvalue weighted by atomic mass is 10.1. The van der Waals surface area contributed by atoms with E-state index in [1.54, 1.807) is 7.11 Å². The van der Waals surface area contributed by atoms with Crippen LogP contribution in [-0.4, -0.2) is 29.3 Å². The molecule has 0 spiro atoms. The summed E-state index contributed by atoms with van der Waals surface area (Å²) < 4.78 is 10.5. The Balaban J connectivity index is 1.93. The van der Waals surface area contributed by atoms with Gasteiger partial charge in [0, 0.05) is 22.9 Å². The fraction of sp³-hybridized carbons (Fsp3) is 0.500. The van der Waals surface area contributed by atoms with Crippen LogP contribution in [0.2, 0.25) is 0 Å². The first kappa shape index (κ1) is 18.8.